The lowest BCUT2D eigenvalue weighted by atomic mass is 10.00. The molecule has 1 N–H and O–H groups in total. The Morgan fingerprint density at radius 1 is 1.44 bits per heavy atom. The summed E-state index contributed by atoms with van der Waals surface area (Å²) in [6.07, 6.45) is 5.21. The average Bonchev–Trinajstić information content (AvgIpc) is 2.88. The SMILES string of the molecule is CC1(C(=O)NCC2(CCCl)CC2)CCCO1. The van der Waals surface area contributed by atoms with Crippen molar-refractivity contribution in [3.8, 4) is 0 Å². The zero-order valence-electron chi connectivity index (χ0n) is 9.85. The molecule has 2 fully saturated rings. The summed E-state index contributed by atoms with van der Waals surface area (Å²) in [6, 6.07) is 0. The van der Waals surface area contributed by atoms with Crippen molar-refractivity contribution in [1.29, 1.82) is 0 Å². The van der Waals surface area contributed by atoms with Crippen LogP contribution in [0.4, 0.5) is 0 Å². The highest BCUT2D eigenvalue weighted by Crippen LogP contribution is 2.48. The van der Waals surface area contributed by atoms with Gasteiger partial charge in [-0.2, -0.15) is 0 Å². The quantitative estimate of drug-likeness (QED) is 0.754. The molecule has 1 saturated heterocycles. The molecular formula is C12H20ClNO2. The first kappa shape index (κ1) is 12.2. The molecule has 1 saturated carbocycles. The van der Waals surface area contributed by atoms with Gasteiger partial charge in [-0.05, 0) is 44.4 Å². The Hall–Kier alpha value is -0.280. The summed E-state index contributed by atoms with van der Waals surface area (Å²) in [5.41, 5.74) is -0.288. The van der Waals surface area contributed by atoms with Gasteiger partial charge in [0.25, 0.3) is 5.91 Å². The summed E-state index contributed by atoms with van der Waals surface area (Å²) >= 11 is 5.76. The molecule has 0 aromatic rings. The van der Waals surface area contributed by atoms with Crippen LogP contribution in [0.25, 0.3) is 0 Å². The van der Waals surface area contributed by atoms with Gasteiger partial charge in [-0.3, -0.25) is 4.79 Å². The van der Waals surface area contributed by atoms with E-state index in [0.717, 1.165) is 25.8 Å². The van der Waals surface area contributed by atoms with Crippen LogP contribution in [0, 0.1) is 5.41 Å². The van der Waals surface area contributed by atoms with Crippen LogP contribution in [0.2, 0.25) is 0 Å². The van der Waals surface area contributed by atoms with Crippen molar-refractivity contribution >= 4 is 17.5 Å². The van der Waals surface area contributed by atoms with Gasteiger partial charge >= 0.3 is 0 Å². The molecule has 3 nitrogen and oxygen atoms in total. The second-order valence-corrected chi connectivity index (χ2v) is 5.68. The molecule has 92 valence electrons. The lowest BCUT2D eigenvalue weighted by Crippen LogP contribution is -2.45. The Kier molecular flexibility index (Phi) is 3.45. The fourth-order valence-corrected chi connectivity index (χ4v) is 2.71. The number of carbonyl (C=O) groups is 1. The van der Waals surface area contributed by atoms with Crippen molar-refractivity contribution in [2.45, 2.75) is 44.6 Å². The lowest BCUT2D eigenvalue weighted by molar-refractivity contribution is -0.139. The largest absolute Gasteiger partial charge is 0.365 e. The number of rotatable bonds is 5. The molecule has 0 aromatic carbocycles. The van der Waals surface area contributed by atoms with Crippen LogP contribution in [0.1, 0.15) is 39.0 Å². The molecule has 1 amide bonds. The smallest absolute Gasteiger partial charge is 0.251 e. The van der Waals surface area contributed by atoms with Crippen LogP contribution in [0.15, 0.2) is 0 Å². The fraction of sp³-hybridized carbons (Fsp3) is 0.917. The van der Waals surface area contributed by atoms with Crippen LogP contribution >= 0.6 is 11.6 Å². The normalized spacial score (nSPS) is 31.4. The summed E-state index contributed by atoms with van der Waals surface area (Å²) in [5.74, 6) is 0.731. The molecule has 16 heavy (non-hydrogen) atoms. The van der Waals surface area contributed by atoms with E-state index in [-0.39, 0.29) is 5.91 Å². The first-order chi connectivity index (χ1) is 7.60. The van der Waals surface area contributed by atoms with E-state index in [0.29, 0.717) is 17.9 Å². The van der Waals surface area contributed by atoms with Gasteiger partial charge < -0.3 is 10.1 Å². The van der Waals surface area contributed by atoms with Gasteiger partial charge in [0.05, 0.1) is 0 Å². The molecule has 2 aliphatic rings. The summed E-state index contributed by atoms with van der Waals surface area (Å²) in [4.78, 5) is 12.0. The number of amides is 1. The van der Waals surface area contributed by atoms with Crippen molar-refractivity contribution in [1.82, 2.24) is 5.32 Å². The van der Waals surface area contributed by atoms with Gasteiger partial charge in [0.2, 0.25) is 0 Å². The molecule has 2 rings (SSSR count). The van der Waals surface area contributed by atoms with E-state index in [9.17, 15) is 4.79 Å². The van der Waals surface area contributed by atoms with Crippen LogP contribution in [0.5, 0.6) is 0 Å². The first-order valence-corrected chi connectivity index (χ1v) is 6.62. The molecule has 1 aliphatic carbocycles. The third kappa shape index (κ3) is 2.51. The maximum absolute atomic E-state index is 12.0. The number of carbonyl (C=O) groups excluding carboxylic acids is 1. The highest BCUT2D eigenvalue weighted by Gasteiger charge is 2.44. The Balaban J connectivity index is 1.79. The Bertz CT molecular complexity index is 270. The third-order valence-electron chi connectivity index (χ3n) is 3.90. The minimum absolute atomic E-state index is 0.0471. The fourth-order valence-electron chi connectivity index (χ4n) is 2.31. The van der Waals surface area contributed by atoms with Gasteiger partial charge in [-0.1, -0.05) is 0 Å². The summed E-state index contributed by atoms with van der Waals surface area (Å²) in [5, 5.41) is 3.03. The van der Waals surface area contributed by atoms with Crippen molar-refractivity contribution in [2.75, 3.05) is 19.0 Å². The standard InChI is InChI=1S/C12H20ClNO2/c1-11(3-2-8-16-11)10(15)14-9-12(4-5-12)6-7-13/h2-9H2,1H3,(H,14,15). The van der Waals surface area contributed by atoms with Gasteiger partial charge in [0.1, 0.15) is 5.60 Å². The van der Waals surface area contributed by atoms with Crippen LogP contribution in [-0.2, 0) is 9.53 Å². The van der Waals surface area contributed by atoms with E-state index >= 15 is 0 Å². The topological polar surface area (TPSA) is 38.3 Å². The second kappa shape index (κ2) is 4.53. The van der Waals surface area contributed by atoms with Gasteiger partial charge in [-0.15, -0.1) is 11.6 Å². The Morgan fingerprint density at radius 3 is 2.69 bits per heavy atom. The van der Waals surface area contributed by atoms with E-state index in [1.807, 2.05) is 6.92 Å². The molecule has 0 aromatic heterocycles. The number of nitrogens with one attached hydrogen (secondary N) is 1. The van der Waals surface area contributed by atoms with Crippen LogP contribution in [0.3, 0.4) is 0 Å². The molecule has 0 bridgehead atoms. The molecule has 1 aliphatic heterocycles. The van der Waals surface area contributed by atoms with E-state index < -0.39 is 5.60 Å². The maximum atomic E-state index is 12.0. The minimum atomic E-state index is -0.586. The zero-order chi connectivity index (χ0) is 11.6. The van der Waals surface area contributed by atoms with Crippen LogP contribution < -0.4 is 5.32 Å². The minimum Gasteiger partial charge on any atom is -0.365 e. The monoisotopic (exact) mass is 245 g/mol. The summed E-state index contributed by atoms with van der Waals surface area (Å²) < 4.78 is 5.51. The number of hydrogen-bond donors (Lipinski definition) is 1. The molecule has 0 spiro atoms. The second-order valence-electron chi connectivity index (χ2n) is 5.30. The molecule has 4 heteroatoms. The third-order valence-corrected chi connectivity index (χ3v) is 4.09. The predicted octanol–water partition coefficient (Wildman–Crippen LogP) is 2.08. The number of halogens is 1. The van der Waals surface area contributed by atoms with Crippen molar-refractivity contribution in [3.05, 3.63) is 0 Å². The van der Waals surface area contributed by atoms with Crippen molar-refractivity contribution < 1.29 is 9.53 Å². The Morgan fingerprint density at radius 2 is 2.19 bits per heavy atom. The summed E-state index contributed by atoms with van der Waals surface area (Å²) in [6.45, 7) is 3.35. The van der Waals surface area contributed by atoms with Crippen molar-refractivity contribution in [2.24, 2.45) is 5.41 Å². The van der Waals surface area contributed by atoms with Gasteiger partial charge in [-0.25, -0.2) is 0 Å². The Labute approximate surface area is 102 Å². The highest BCUT2D eigenvalue weighted by molar-refractivity contribution is 6.17. The van der Waals surface area contributed by atoms with Gasteiger partial charge in [0.15, 0.2) is 0 Å². The van der Waals surface area contributed by atoms with Crippen LogP contribution in [-0.4, -0.2) is 30.5 Å². The first-order valence-electron chi connectivity index (χ1n) is 6.09. The molecule has 0 radical (unpaired) electrons. The average molecular weight is 246 g/mol. The molecular weight excluding hydrogens is 226 g/mol. The molecule has 1 heterocycles. The molecule has 1 unspecified atom stereocenters. The number of hydrogen-bond acceptors (Lipinski definition) is 2. The lowest BCUT2D eigenvalue weighted by Gasteiger charge is -2.24. The van der Waals surface area contributed by atoms with Crippen molar-refractivity contribution in [3.63, 3.8) is 0 Å². The number of ether oxygens (including phenoxy) is 1. The molecule has 1 atom stereocenters. The van der Waals surface area contributed by atoms with E-state index in [1.54, 1.807) is 0 Å². The van der Waals surface area contributed by atoms with E-state index in [2.05, 4.69) is 5.32 Å². The van der Waals surface area contributed by atoms with Gasteiger partial charge in [0, 0.05) is 19.0 Å². The predicted molar refractivity (Wildman–Crippen MR) is 63.6 cm³/mol. The van der Waals surface area contributed by atoms with E-state index in [4.69, 9.17) is 16.3 Å². The zero-order valence-corrected chi connectivity index (χ0v) is 10.6. The number of alkyl halides is 1. The highest BCUT2D eigenvalue weighted by atomic mass is 35.5. The maximum Gasteiger partial charge on any atom is 0.251 e. The van der Waals surface area contributed by atoms with E-state index in [1.165, 1.54) is 12.8 Å². The summed E-state index contributed by atoms with van der Waals surface area (Å²) in [7, 11) is 0.